The highest BCUT2D eigenvalue weighted by Crippen LogP contribution is 2.33. The van der Waals surface area contributed by atoms with Gasteiger partial charge in [-0.15, -0.1) is 0 Å². The van der Waals surface area contributed by atoms with Crippen molar-refractivity contribution in [1.82, 2.24) is 9.88 Å². The number of benzene rings is 1. The van der Waals surface area contributed by atoms with E-state index in [2.05, 4.69) is 4.98 Å². The van der Waals surface area contributed by atoms with Crippen LogP contribution in [0, 0.1) is 0 Å². The first-order valence-corrected chi connectivity index (χ1v) is 7.14. The zero-order chi connectivity index (χ0) is 14.7. The molecule has 1 aromatic carbocycles. The Morgan fingerprint density at radius 2 is 2.10 bits per heavy atom. The van der Waals surface area contributed by atoms with E-state index in [9.17, 15) is 4.79 Å². The number of carbonyl (C=O) groups excluding carboxylic acids is 1. The van der Waals surface area contributed by atoms with Crippen molar-refractivity contribution in [3.8, 4) is 5.75 Å². The molecule has 0 spiro atoms. The van der Waals surface area contributed by atoms with Crippen LogP contribution in [0.2, 0.25) is 0 Å². The van der Waals surface area contributed by atoms with Gasteiger partial charge in [-0.05, 0) is 42.7 Å². The second kappa shape index (κ2) is 5.95. The van der Waals surface area contributed by atoms with E-state index >= 15 is 0 Å². The lowest BCUT2D eigenvalue weighted by Crippen LogP contribution is -2.30. The summed E-state index contributed by atoms with van der Waals surface area (Å²) < 4.78 is 5.19. The molecule has 2 aromatic rings. The molecule has 1 fully saturated rings. The fourth-order valence-corrected chi connectivity index (χ4v) is 2.84. The van der Waals surface area contributed by atoms with Crippen LogP contribution in [-0.2, 0) is 0 Å². The Morgan fingerprint density at radius 1 is 1.29 bits per heavy atom. The molecule has 108 valence electrons. The van der Waals surface area contributed by atoms with Crippen LogP contribution in [0.1, 0.15) is 34.8 Å². The minimum absolute atomic E-state index is 0.0569. The number of nitrogens with zero attached hydrogens (tertiary/aromatic N) is 2. The monoisotopic (exact) mass is 282 g/mol. The number of pyridine rings is 1. The third-order valence-corrected chi connectivity index (χ3v) is 3.92. The highest BCUT2D eigenvalue weighted by atomic mass is 16.5. The van der Waals surface area contributed by atoms with Crippen LogP contribution in [0.5, 0.6) is 5.75 Å². The highest BCUT2D eigenvalue weighted by Gasteiger charge is 2.30. The van der Waals surface area contributed by atoms with Crippen molar-refractivity contribution in [3.05, 3.63) is 59.9 Å². The van der Waals surface area contributed by atoms with E-state index in [1.807, 2.05) is 35.2 Å². The van der Waals surface area contributed by atoms with Gasteiger partial charge in [0.15, 0.2) is 0 Å². The molecule has 3 rings (SSSR count). The van der Waals surface area contributed by atoms with Gasteiger partial charge < -0.3 is 9.64 Å². The predicted molar refractivity (Wildman–Crippen MR) is 80.2 cm³/mol. The molecule has 0 bridgehead atoms. The standard InChI is InChI=1S/C17H18N2O2/c1-21-15-8-6-13(7-9-15)16-5-3-11-19(16)17(20)14-4-2-10-18-12-14/h2,4,6-10,12,16H,3,5,11H2,1H3. The molecule has 0 N–H and O–H groups in total. The Bertz CT molecular complexity index is 610. The molecule has 0 aliphatic carbocycles. The summed E-state index contributed by atoms with van der Waals surface area (Å²) in [6, 6.07) is 11.7. The van der Waals surface area contributed by atoms with Crippen molar-refractivity contribution in [3.63, 3.8) is 0 Å². The topological polar surface area (TPSA) is 42.4 Å². The first kappa shape index (κ1) is 13.6. The number of likely N-dealkylation sites (tertiary alicyclic amines) is 1. The normalized spacial score (nSPS) is 17.8. The van der Waals surface area contributed by atoms with Crippen LogP contribution in [0.15, 0.2) is 48.8 Å². The number of hydrogen-bond donors (Lipinski definition) is 0. The maximum atomic E-state index is 12.6. The molecule has 1 aliphatic rings. The molecular formula is C17H18N2O2. The summed E-state index contributed by atoms with van der Waals surface area (Å²) in [7, 11) is 1.66. The van der Waals surface area contributed by atoms with Crippen molar-refractivity contribution in [1.29, 1.82) is 0 Å². The number of methoxy groups -OCH3 is 1. The van der Waals surface area contributed by atoms with Crippen molar-refractivity contribution >= 4 is 5.91 Å². The highest BCUT2D eigenvalue weighted by molar-refractivity contribution is 5.94. The van der Waals surface area contributed by atoms with Gasteiger partial charge in [-0.2, -0.15) is 0 Å². The molecule has 1 aliphatic heterocycles. The second-order valence-corrected chi connectivity index (χ2v) is 5.17. The first-order valence-electron chi connectivity index (χ1n) is 7.14. The van der Waals surface area contributed by atoms with Crippen molar-refractivity contribution in [2.75, 3.05) is 13.7 Å². The maximum absolute atomic E-state index is 12.6. The summed E-state index contributed by atoms with van der Waals surface area (Å²) in [5, 5.41) is 0. The molecule has 1 aromatic heterocycles. The smallest absolute Gasteiger partial charge is 0.255 e. The molecule has 1 amide bonds. The quantitative estimate of drug-likeness (QED) is 0.869. The van der Waals surface area contributed by atoms with E-state index in [-0.39, 0.29) is 11.9 Å². The van der Waals surface area contributed by atoms with Crippen molar-refractivity contribution in [2.45, 2.75) is 18.9 Å². The summed E-state index contributed by atoms with van der Waals surface area (Å²) in [6.07, 6.45) is 5.34. The summed E-state index contributed by atoms with van der Waals surface area (Å²) in [5.74, 6) is 0.892. The largest absolute Gasteiger partial charge is 0.497 e. The number of amides is 1. The predicted octanol–water partition coefficient (Wildman–Crippen LogP) is 3.07. The molecule has 1 atom stereocenters. The summed E-state index contributed by atoms with van der Waals surface area (Å²) in [6.45, 7) is 0.796. The number of hydrogen-bond acceptors (Lipinski definition) is 3. The lowest BCUT2D eigenvalue weighted by Gasteiger charge is -2.25. The zero-order valence-corrected chi connectivity index (χ0v) is 12.0. The molecular weight excluding hydrogens is 264 g/mol. The van der Waals surface area contributed by atoms with Crippen LogP contribution in [0.25, 0.3) is 0 Å². The van der Waals surface area contributed by atoms with Crippen molar-refractivity contribution < 1.29 is 9.53 Å². The van der Waals surface area contributed by atoms with Gasteiger partial charge in [0.1, 0.15) is 5.75 Å². The van der Waals surface area contributed by atoms with E-state index in [0.29, 0.717) is 5.56 Å². The molecule has 4 nitrogen and oxygen atoms in total. The lowest BCUT2D eigenvalue weighted by atomic mass is 10.0. The van der Waals surface area contributed by atoms with Crippen LogP contribution in [0.3, 0.4) is 0 Å². The van der Waals surface area contributed by atoms with Crippen LogP contribution >= 0.6 is 0 Å². The van der Waals surface area contributed by atoms with E-state index in [4.69, 9.17) is 4.74 Å². The van der Waals surface area contributed by atoms with Crippen molar-refractivity contribution in [2.24, 2.45) is 0 Å². The summed E-state index contributed by atoms with van der Waals surface area (Å²) in [5.41, 5.74) is 1.81. The minimum atomic E-state index is 0.0569. The molecule has 0 saturated carbocycles. The fraction of sp³-hybridized carbons (Fsp3) is 0.294. The number of carbonyl (C=O) groups is 1. The Kier molecular flexibility index (Phi) is 3.86. The molecule has 1 saturated heterocycles. The SMILES string of the molecule is COc1ccc(C2CCCN2C(=O)c2cccnc2)cc1. The molecule has 21 heavy (non-hydrogen) atoms. The second-order valence-electron chi connectivity index (χ2n) is 5.17. The van der Waals surface area contributed by atoms with Crippen LogP contribution < -0.4 is 4.74 Å². The molecule has 2 heterocycles. The van der Waals surface area contributed by atoms with Gasteiger partial charge >= 0.3 is 0 Å². The number of aromatic nitrogens is 1. The van der Waals surface area contributed by atoms with E-state index in [1.54, 1.807) is 25.6 Å². The van der Waals surface area contributed by atoms with Gasteiger partial charge in [0.05, 0.1) is 18.7 Å². The zero-order valence-electron chi connectivity index (χ0n) is 12.0. The van der Waals surface area contributed by atoms with Crippen LogP contribution in [-0.4, -0.2) is 29.4 Å². The van der Waals surface area contributed by atoms with Gasteiger partial charge in [0.25, 0.3) is 5.91 Å². The lowest BCUT2D eigenvalue weighted by molar-refractivity contribution is 0.0735. The third-order valence-electron chi connectivity index (χ3n) is 3.92. The number of ether oxygens (including phenoxy) is 1. The summed E-state index contributed by atoms with van der Waals surface area (Å²) >= 11 is 0. The Balaban J connectivity index is 1.83. The Hall–Kier alpha value is -2.36. The molecule has 4 heteroatoms. The van der Waals surface area contributed by atoms with Gasteiger partial charge in [-0.25, -0.2) is 0 Å². The van der Waals surface area contributed by atoms with E-state index in [0.717, 1.165) is 30.7 Å². The summed E-state index contributed by atoms with van der Waals surface area (Å²) in [4.78, 5) is 18.6. The van der Waals surface area contributed by atoms with E-state index < -0.39 is 0 Å². The molecule has 0 radical (unpaired) electrons. The van der Waals surface area contributed by atoms with Gasteiger partial charge in [-0.1, -0.05) is 12.1 Å². The maximum Gasteiger partial charge on any atom is 0.255 e. The fourth-order valence-electron chi connectivity index (χ4n) is 2.84. The molecule has 1 unspecified atom stereocenters. The average molecular weight is 282 g/mol. The van der Waals surface area contributed by atoms with Gasteiger partial charge in [-0.3, -0.25) is 9.78 Å². The third kappa shape index (κ3) is 2.75. The Labute approximate surface area is 124 Å². The minimum Gasteiger partial charge on any atom is -0.497 e. The first-order chi connectivity index (χ1) is 10.3. The van der Waals surface area contributed by atoms with E-state index in [1.165, 1.54) is 0 Å². The number of rotatable bonds is 3. The van der Waals surface area contributed by atoms with Gasteiger partial charge in [0.2, 0.25) is 0 Å². The van der Waals surface area contributed by atoms with Crippen LogP contribution in [0.4, 0.5) is 0 Å². The van der Waals surface area contributed by atoms with Gasteiger partial charge in [0, 0.05) is 18.9 Å². The average Bonchev–Trinajstić information content (AvgIpc) is 3.04. The Morgan fingerprint density at radius 3 is 2.76 bits per heavy atom.